The summed E-state index contributed by atoms with van der Waals surface area (Å²) in [6.45, 7) is 4.33. The molecule has 0 aromatic rings. The van der Waals surface area contributed by atoms with Gasteiger partial charge in [-0.1, -0.05) is 0 Å². The fraction of sp³-hybridized carbons (Fsp3) is 0.875. The third-order valence-electron chi connectivity index (χ3n) is 1.18. The molecule has 0 unspecified atom stereocenters. The number of alkyl halides is 1. The highest BCUT2D eigenvalue weighted by molar-refractivity contribution is 6.26. The smallest absolute Gasteiger partial charge is 0.320 e. The molecule has 0 aromatic carbocycles. The van der Waals surface area contributed by atoms with Gasteiger partial charge in [-0.3, -0.25) is 4.79 Å². The van der Waals surface area contributed by atoms with Crippen LogP contribution in [0.3, 0.4) is 0 Å². The third kappa shape index (κ3) is 9.60. The maximum Gasteiger partial charge on any atom is 0.320 e. The molecule has 0 aliphatic heterocycles. The monoisotopic (exact) mass is 210 g/mol. The second-order valence-corrected chi connectivity index (χ2v) is 2.43. The van der Waals surface area contributed by atoms with Crippen LogP contribution >= 0.6 is 11.6 Å². The van der Waals surface area contributed by atoms with E-state index in [2.05, 4.69) is 4.74 Å². The van der Waals surface area contributed by atoms with Crippen molar-refractivity contribution in [2.24, 2.45) is 0 Å². The Bertz CT molecular complexity index is 129. The average molecular weight is 211 g/mol. The second-order valence-electron chi connectivity index (χ2n) is 2.16. The molecule has 0 aliphatic rings. The lowest BCUT2D eigenvalue weighted by atomic mass is 10.7. The zero-order chi connectivity index (χ0) is 9.94. The van der Waals surface area contributed by atoms with Crippen molar-refractivity contribution in [2.45, 2.75) is 6.92 Å². The lowest BCUT2D eigenvalue weighted by molar-refractivity contribution is -0.142. The molecule has 0 aromatic heterocycles. The van der Waals surface area contributed by atoms with Crippen LogP contribution in [0.4, 0.5) is 0 Å². The van der Waals surface area contributed by atoms with Crippen molar-refractivity contribution in [3.8, 4) is 0 Å². The number of rotatable bonds is 8. The summed E-state index contributed by atoms with van der Waals surface area (Å²) in [6.07, 6.45) is 0. The van der Waals surface area contributed by atoms with Gasteiger partial charge in [0.2, 0.25) is 0 Å². The summed E-state index contributed by atoms with van der Waals surface area (Å²) in [4.78, 5) is 10.5. The van der Waals surface area contributed by atoms with E-state index in [9.17, 15) is 4.79 Å². The van der Waals surface area contributed by atoms with E-state index in [-0.39, 0.29) is 12.5 Å². The molecule has 0 amide bonds. The first-order valence-corrected chi connectivity index (χ1v) is 4.71. The minimum atomic E-state index is -0.421. The molecule has 0 bridgehead atoms. The first-order valence-electron chi connectivity index (χ1n) is 4.18. The molecule has 0 atom stereocenters. The Labute approximate surface area is 83.1 Å². The van der Waals surface area contributed by atoms with E-state index >= 15 is 0 Å². The first kappa shape index (κ1) is 12.7. The van der Waals surface area contributed by atoms with Gasteiger partial charge in [0.15, 0.2) is 0 Å². The van der Waals surface area contributed by atoms with E-state index in [1.165, 1.54) is 0 Å². The van der Waals surface area contributed by atoms with Crippen LogP contribution in [0.25, 0.3) is 0 Å². The summed E-state index contributed by atoms with van der Waals surface area (Å²) in [6, 6.07) is 0. The summed E-state index contributed by atoms with van der Waals surface area (Å²) in [5.41, 5.74) is 0. The predicted octanol–water partition coefficient (Wildman–Crippen LogP) is 0.821. The van der Waals surface area contributed by atoms with Crippen LogP contribution in [0.1, 0.15) is 6.92 Å². The molecule has 0 spiro atoms. The molecular formula is C8H15ClO4. The molecule has 0 fully saturated rings. The summed E-state index contributed by atoms with van der Waals surface area (Å²) < 4.78 is 14.8. The molecular weight excluding hydrogens is 196 g/mol. The van der Waals surface area contributed by atoms with Gasteiger partial charge in [-0.15, -0.1) is 11.6 Å². The van der Waals surface area contributed by atoms with Crippen molar-refractivity contribution in [1.29, 1.82) is 0 Å². The van der Waals surface area contributed by atoms with E-state index in [1.54, 1.807) is 0 Å². The first-order chi connectivity index (χ1) is 6.31. The van der Waals surface area contributed by atoms with Gasteiger partial charge in [-0.25, -0.2) is 0 Å². The molecule has 0 saturated heterocycles. The highest BCUT2D eigenvalue weighted by atomic mass is 35.5. The molecule has 78 valence electrons. The normalized spacial score (nSPS) is 10.0. The minimum absolute atomic E-state index is 0.112. The van der Waals surface area contributed by atoms with Crippen LogP contribution < -0.4 is 0 Å². The van der Waals surface area contributed by atoms with Gasteiger partial charge in [-0.2, -0.15) is 0 Å². The van der Waals surface area contributed by atoms with E-state index in [0.29, 0.717) is 26.4 Å². The topological polar surface area (TPSA) is 44.8 Å². The van der Waals surface area contributed by atoms with Gasteiger partial charge < -0.3 is 14.2 Å². The Balaban J connectivity index is 2.95. The van der Waals surface area contributed by atoms with Gasteiger partial charge >= 0.3 is 5.97 Å². The van der Waals surface area contributed by atoms with Crippen LogP contribution in [0, 0.1) is 0 Å². The Hall–Kier alpha value is -0.320. The fourth-order valence-corrected chi connectivity index (χ4v) is 0.694. The molecule has 4 nitrogen and oxygen atoms in total. The van der Waals surface area contributed by atoms with E-state index in [4.69, 9.17) is 21.1 Å². The summed E-state index contributed by atoms with van der Waals surface area (Å²) in [5.74, 6) is -0.533. The Morgan fingerprint density at radius 3 is 2.38 bits per heavy atom. The number of hydrogen-bond acceptors (Lipinski definition) is 4. The third-order valence-corrected chi connectivity index (χ3v) is 1.39. The Kier molecular flexibility index (Phi) is 9.53. The number of esters is 1. The van der Waals surface area contributed by atoms with Gasteiger partial charge in [0.25, 0.3) is 0 Å². The molecule has 0 rings (SSSR count). The highest BCUT2D eigenvalue weighted by Crippen LogP contribution is 1.84. The Morgan fingerprint density at radius 1 is 1.15 bits per heavy atom. The standard InChI is InChI=1S/C8H15ClO4/c1-2-11-3-4-12-5-6-13-8(10)7-9/h2-7H2,1H3. The quantitative estimate of drug-likeness (QED) is 0.338. The van der Waals surface area contributed by atoms with E-state index in [1.807, 2.05) is 6.92 Å². The van der Waals surface area contributed by atoms with Crippen LogP contribution in [0.5, 0.6) is 0 Å². The molecule has 0 N–H and O–H groups in total. The SMILES string of the molecule is CCOCCOCCOC(=O)CCl. The van der Waals surface area contributed by atoms with Crippen molar-refractivity contribution in [2.75, 3.05) is 38.9 Å². The highest BCUT2D eigenvalue weighted by Gasteiger charge is 1.97. The van der Waals surface area contributed by atoms with Crippen molar-refractivity contribution in [3.05, 3.63) is 0 Å². The van der Waals surface area contributed by atoms with Crippen molar-refractivity contribution in [3.63, 3.8) is 0 Å². The molecule has 0 aliphatic carbocycles. The van der Waals surface area contributed by atoms with Crippen LogP contribution in [-0.4, -0.2) is 44.9 Å². The average Bonchev–Trinajstić information content (AvgIpc) is 2.16. The van der Waals surface area contributed by atoms with Gasteiger partial charge in [0, 0.05) is 6.61 Å². The van der Waals surface area contributed by atoms with Crippen LogP contribution in [-0.2, 0) is 19.0 Å². The van der Waals surface area contributed by atoms with E-state index in [0.717, 1.165) is 0 Å². The second kappa shape index (κ2) is 9.77. The van der Waals surface area contributed by atoms with Gasteiger partial charge in [0.1, 0.15) is 12.5 Å². The lowest BCUT2D eigenvalue weighted by Crippen LogP contribution is -2.13. The van der Waals surface area contributed by atoms with Crippen LogP contribution in [0.2, 0.25) is 0 Å². The largest absolute Gasteiger partial charge is 0.462 e. The van der Waals surface area contributed by atoms with E-state index < -0.39 is 5.97 Å². The van der Waals surface area contributed by atoms with Gasteiger partial charge in [-0.05, 0) is 6.92 Å². The summed E-state index contributed by atoms with van der Waals surface area (Å²) in [5, 5.41) is 0. The maximum absolute atomic E-state index is 10.5. The number of carbonyl (C=O) groups is 1. The summed E-state index contributed by atoms with van der Waals surface area (Å²) in [7, 11) is 0. The summed E-state index contributed by atoms with van der Waals surface area (Å²) >= 11 is 5.20. The van der Waals surface area contributed by atoms with Crippen molar-refractivity contribution >= 4 is 17.6 Å². The number of ether oxygens (including phenoxy) is 3. The molecule has 0 heterocycles. The number of halogens is 1. The lowest BCUT2D eigenvalue weighted by Gasteiger charge is -2.04. The number of carbonyl (C=O) groups excluding carboxylic acids is 1. The fourth-order valence-electron chi connectivity index (χ4n) is 0.617. The van der Waals surface area contributed by atoms with Crippen LogP contribution in [0.15, 0.2) is 0 Å². The zero-order valence-corrected chi connectivity index (χ0v) is 8.51. The molecule has 13 heavy (non-hydrogen) atoms. The zero-order valence-electron chi connectivity index (χ0n) is 7.75. The molecule has 0 saturated carbocycles. The van der Waals surface area contributed by atoms with Crippen molar-refractivity contribution in [1.82, 2.24) is 0 Å². The minimum Gasteiger partial charge on any atom is -0.462 e. The Morgan fingerprint density at radius 2 is 1.77 bits per heavy atom. The molecule has 5 heteroatoms. The van der Waals surface area contributed by atoms with Crippen molar-refractivity contribution < 1.29 is 19.0 Å². The maximum atomic E-state index is 10.5. The molecule has 0 radical (unpaired) electrons. The predicted molar refractivity (Wildman–Crippen MR) is 49.0 cm³/mol. The number of hydrogen-bond donors (Lipinski definition) is 0. The van der Waals surface area contributed by atoms with Gasteiger partial charge in [0.05, 0.1) is 19.8 Å².